The fourth-order valence-electron chi connectivity index (χ4n) is 2.81. The number of benzene rings is 1. The van der Waals surface area contributed by atoms with Crippen molar-refractivity contribution in [2.75, 3.05) is 5.32 Å². The zero-order chi connectivity index (χ0) is 24.0. The van der Waals surface area contributed by atoms with Gasteiger partial charge in [0.15, 0.2) is 5.52 Å². The number of aromatic amines is 2. The lowest BCUT2D eigenvalue weighted by Crippen LogP contribution is -2.37. The number of carbonyl (C=O) groups excluding carboxylic acids is 2. The van der Waals surface area contributed by atoms with Gasteiger partial charge in [-0.2, -0.15) is 22.8 Å². The van der Waals surface area contributed by atoms with E-state index in [-0.39, 0.29) is 5.91 Å². The Balaban J connectivity index is 0.000000383. The molecule has 3 heterocycles. The summed E-state index contributed by atoms with van der Waals surface area (Å²) in [7, 11) is 0. The molecule has 166 valence electrons. The zero-order valence-corrected chi connectivity index (χ0v) is 16.6. The largest absolute Gasteiger partial charge is 0.542 e. The Hall–Kier alpha value is -4.79. The summed E-state index contributed by atoms with van der Waals surface area (Å²) in [6.45, 7) is 0. The number of aliphatic carboxylic acids is 1. The van der Waals surface area contributed by atoms with E-state index < -0.39 is 12.1 Å². The maximum Gasteiger partial charge on any atom is 0.430 e. The molecule has 0 unspecified atom stereocenters. The fourth-order valence-corrected chi connectivity index (χ4v) is 2.81. The molecule has 0 bridgehead atoms. The highest BCUT2D eigenvalue weighted by atomic mass is 19.4. The van der Waals surface area contributed by atoms with E-state index in [1.807, 2.05) is 47.0 Å². The van der Waals surface area contributed by atoms with Crippen LogP contribution in [0.4, 0.5) is 19.0 Å². The number of hydrogen-bond donors (Lipinski definition) is 2. The van der Waals surface area contributed by atoms with E-state index in [0.29, 0.717) is 28.4 Å². The van der Waals surface area contributed by atoms with Gasteiger partial charge < -0.3 is 9.90 Å². The second-order valence-electron chi connectivity index (χ2n) is 6.34. The molecule has 9 nitrogen and oxygen atoms in total. The van der Waals surface area contributed by atoms with E-state index in [1.165, 1.54) is 6.33 Å². The minimum Gasteiger partial charge on any atom is -0.542 e. The van der Waals surface area contributed by atoms with Gasteiger partial charge in [0.2, 0.25) is 5.69 Å². The number of imidazole rings is 1. The lowest BCUT2D eigenvalue weighted by atomic mass is 10.1. The number of carbonyl (C=O) groups is 2. The quantitative estimate of drug-likeness (QED) is 0.445. The van der Waals surface area contributed by atoms with Crippen LogP contribution in [-0.2, 0) is 4.79 Å². The normalized spacial score (nSPS) is 10.6. The predicted molar refractivity (Wildman–Crippen MR) is 104 cm³/mol. The van der Waals surface area contributed by atoms with Gasteiger partial charge >= 0.3 is 12.1 Å². The van der Waals surface area contributed by atoms with Crippen LogP contribution in [0.5, 0.6) is 0 Å². The number of anilines is 1. The van der Waals surface area contributed by atoms with E-state index in [4.69, 9.17) is 9.90 Å². The van der Waals surface area contributed by atoms with E-state index in [1.54, 1.807) is 18.3 Å². The van der Waals surface area contributed by atoms with Crippen molar-refractivity contribution < 1.29 is 37.3 Å². The molecular weight excluding hydrogens is 441 g/mol. The highest BCUT2D eigenvalue weighted by Crippen LogP contribution is 2.21. The molecule has 3 N–H and O–H groups in total. The number of H-pyrrole nitrogens is 2. The number of amides is 1. The molecule has 4 aromatic rings. The molecule has 0 saturated carbocycles. The first-order valence-corrected chi connectivity index (χ1v) is 9.16. The van der Waals surface area contributed by atoms with E-state index in [9.17, 15) is 23.2 Å². The number of nitrogens with zero attached hydrogens (tertiary/aromatic N) is 3. The van der Waals surface area contributed by atoms with Crippen molar-refractivity contribution in [2.24, 2.45) is 0 Å². The van der Waals surface area contributed by atoms with Crippen LogP contribution in [0, 0.1) is 11.3 Å². The molecule has 0 atom stereocenters. The van der Waals surface area contributed by atoms with Crippen molar-refractivity contribution >= 4 is 23.2 Å². The number of nitrogens with one attached hydrogen (secondary N) is 3. The monoisotopic (exact) mass is 455 g/mol. The number of halogens is 3. The van der Waals surface area contributed by atoms with Gasteiger partial charge in [-0.15, -0.1) is 0 Å². The minimum absolute atomic E-state index is 0.312. The van der Waals surface area contributed by atoms with E-state index in [0.717, 1.165) is 5.56 Å². The first kappa shape index (κ1) is 22.9. The lowest BCUT2D eigenvalue weighted by molar-refractivity contribution is -0.498. The molecule has 12 heteroatoms. The Kier molecular flexibility index (Phi) is 6.63. The summed E-state index contributed by atoms with van der Waals surface area (Å²) < 4.78 is 33.4. The number of nitriles is 1. The van der Waals surface area contributed by atoms with E-state index >= 15 is 0 Å². The number of aromatic nitrogens is 4. The molecule has 33 heavy (non-hydrogen) atoms. The lowest BCUT2D eigenvalue weighted by Gasteiger charge is -2.03. The Morgan fingerprint density at radius 2 is 1.85 bits per heavy atom. The zero-order valence-electron chi connectivity index (χ0n) is 16.6. The molecule has 0 radical (unpaired) electrons. The van der Waals surface area contributed by atoms with Crippen molar-refractivity contribution in [2.45, 2.75) is 6.18 Å². The van der Waals surface area contributed by atoms with E-state index in [2.05, 4.69) is 26.3 Å². The summed E-state index contributed by atoms with van der Waals surface area (Å²) in [5.41, 5.74) is 2.35. The molecule has 0 aliphatic heterocycles. The van der Waals surface area contributed by atoms with Crippen LogP contribution < -0.4 is 19.8 Å². The smallest absolute Gasteiger partial charge is 0.430 e. The van der Waals surface area contributed by atoms with Crippen LogP contribution >= 0.6 is 0 Å². The summed E-state index contributed by atoms with van der Waals surface area (Å²) in [6.07, 6.45) is -0.174. The molecule has 0 saturated heterocycles. The minimum atomic E-state index is -5.19. The first-order valence-electron chi connectivity index (χ1n) is 9.16. The number of alkyl halides is 3. The molecule has 3 aromatic heterocycles. The predicted octanol–water partition coefficient (Wildman–Crippen LogP) is 1.05. The molecule has 0 fully saturated rings. The van der Waals surface area contributed by atoms with Gasteiger partial charge in [0, 0.05) is 6.07 Å². The second-order valence-corrected chi connectivity index (χ2v) is 6.34. The average molecular weight is 455 g/mol. The molecule has 1 aromatic carbocycles. The molecule has 1 amide bonds. The number of rotatable bonds is 3. The van der Waals surface area contributed by atoms with Gasteiger partial charge in [0.25, 0.3) is 18.0 Å². The fraction of sp³-hybridized carbons (Fsp3) is 0.0476. The Morgan fingerprint density at radius 1 is 1.15 bits per heavy atom. The third-order valence-corrected chi connectivity index (χ3v) is 4.22. The van der Waals surface area contributed by atoms with Crippen LogP contribution in [0.2, 0.25) is 0 Å². The maximum atomic E-state index is 12.8. The standard InChI is InChI=1S/C19H12N6O.C2HF3O2/c20-11-13-5-1-2-6-14(13)18-24-17(15-7-3-4-10-25(15)18)19(26)23-16-8-9-21-12-22-16;3-2(4,5)1(6)7/h1-10,12H,(H,21,22,23,26);(H,6,7)/p+1. The maximum absolute atomic E-state index is 12.8. The molecule has 4 rings (SSSR count). The number of carboxylic acid groups (broad SMARTS) is 1. The summed E-state index contributed by atoms with van der Waals surface area (Å²) in [5.74, 6) is -2.21. The van der Waals surface area contributed by atoms with Crippen molar-refractivity contribution in [3.05, 3.63) is 78.5 Å². The average Bonchev–Trinajstić information content (AvgIpc) is 3.19. The third kappa shape index (κ3) is 5.28. The number of hydrogen-bond acceptors (Lipinski definition) is 5. The van der Waals surface area contributed by atoms with Crippen molar-refractivity contribution in [1.82, 2.24) is 9.97 Å². The molecular formula is C21H14F3N6O3+. The topological polar surface area (TPSA) is 140 Å². The van der Waals surface area contributed by atoms with Gasteiger partial charge in [-0.05, 0) is 29.2 Å². The summed E-state index contributed by atoms with van der Waals surface area (Å²) in [6, 6.07) is 16.7. The van der Waals surface area contributed by atoms with Gasteiger partial charge in [-0.3, -0.25) is 15.1 Å². The van der Waals surface area contributed by atoms with Gasteiger partial charge in [-0.25, -0.2) is 4.98 Å². The number of fused-ring (bicyclic) bond motifs is 1. The highest BCUT2D eigenvalue weighted by molar-refractivity contribution is 6.06. The Morgan fingerprint density at radius 3 is 2.48 bits per heavy atom. The van der Waals surface area contributed by atoms with Gasteiger partial charge in [0.05, 0.1) is 23.5 Å². The van der Waals surface area contributed by atoms with Crippen LogP contribution in [0.25, 0.3) is 16.9 Å². The first-order chi connectivity index (χ1) is 15.7. The van der Waals surface area contributed by atoms with Crippen LogP contribution in [0.15, 0.2) is 67.3 Å². The second kappa shape index (κ2) is 9.56. The summed E-state index contributed by atoms with van der Waals surface area (Å²) in [5, 5.41) is 20.9. The van der Waals surface area contributed by atoms with Crippen LogP contribution in [0.3, 0.4) is 0 Å². The van der Waals surface area contributed by atoms with Crippen molar-refractivity contribution in [1.29, 1.82) is 5.26 Å². The third-order valence-electron chi connectivity index (χ3n) is 4.22. The molecule has 0 aliphatic rings. The van der Waals surface area contributed by atoms with Crippen LogP contribution in [-0.4, -0.2) is 28.0 Å². The van der Waals surface area contributed by atoms with Crippen molar-refractivity contribution in [3.8, 4) is 17.5 Å². The van der Waals surface area contributed by atoms with Gasteiger partial charge in [-0.1, -0.05) is 18.2 Å². The Labute approximate surface area is 183 Å². The molecule has 0 spiro atoms. The SMILES string of the molecule is N#Cc1ccccc1-c1[nH]c(C(=O)Nc2cc[nH+]cn2)c2cccc[n+]12.O=C([O-])C(F)(F)F. The summed E-state index contributed by atoms with van der Waals surface area (Å²) in [4.78, 5) is 31.6. The highest BCUT2D eigenvalue weighted by Gasteiger charge is 2.29. The van der Waals surface area contributed by atoms with Gasteiger partial charge in [0.1, 0.15) is 12.0 Å². The number of pyridine rings is 1. The number of carboxylic acids is 1. The Bertz CT molecular complexity index is 1350. The van der Waals surface area contributed by atoms with Crippen LogP contribution in [0.1, 0.15) is 16.1 Å². The summed E-state index contributed by atoms with van der Waals surface area (Å²) >= 11 is 0. The molecule has 0 aliphatic carbocycles. The van der Waals surface area contributed by atoms with Crippen molar-refractivity contribution in [3.63, 3.8) is 0 Å².